The van der Waals surface area contributed by atoms with Gasteiger partial charge in [-0.15, -0.1) is 0 Å². The van der Waals surface area contributed by atoms with E-state index in [1.54, 1.807) is 6.07 Å². The molecule has 1 fully saturated rings. The third kappa shape index (κ3) is 2.86. The lowest BCUT2D eigenvalue weighted by Gasteiger charge is -2.30. The summed E-state index contributed by atoms with van der Waals surface area (Å²) in [6.07, 6.45) is 0.202. The zero-order valence-electron chi connectivity index (χ0n) is 12.5. The van der Waals surface area contributed by atoms with E-state index in [1.807, 2.05) is 20.8 Å². The second kappa shape index (κ2) is 6.19. The molecule has 1 aromatic rings. The van der Waals surface area contributed by atoms with Gasteiger partial charge in [0.15, 0.2) is 0 Å². The first kappa shape index (κ1) is 15.4. The molecule has 0 radical (unpaired) electrons. The van der Waals surface area contributed by atoms with Gasteiger partial charge in [-0.05, 0) is 32.4 Å². The fraction of sp³-hybridized carbons (Fsp3) is 0.625. The predicted molar refractivity (Wildman–Crippen MR) is 75.4 cm³/mol. The van der Waals surface area contributed by atoms with Gasteiger partial charge in [-0.1, -0.05) is 19.9 Å². The van der Waals surface area contributed by atoms with Gasteiger partial charge in [0.1, 0.15) is 11.6 Å². The highest BCUT2D eigenvalue weighted by Crippen LogP contribution is 2.41. The van der Waals surface area contributed by atoms with Crippen LogP contribution in [0.2, 0.25) is 0 Å². The summed E-state index contributed by atoms with van der Waals surface area (Å²) < 4.78 is 33.1. The van der Waals surface area contributed by atoms with Gasteiger partial charge in [0.2, 0.25) is 0 Å². The van der Waals surface area contributed by atoms with E-state index >= 15 is 0 Å². The van der Waals surface area contributed by atoms with Crippen molar-refractivity contribution in [2.24, 2.45) is 11.8 Å². The molecule has 2 rings (SSSR count). The van der Waals surface area contributed by atoms with Crippen LogP contribution in [0, 0.1) is 23.5 Å². The molecular formula is C16H23F2NO. The van der Waals surface area contributed by atoms with Crippen LogP contribution >= 0.6 is 0 Å². The first-order valence-corrected chi connectivity index (χ1v) is 7.29. The number of rotatable bonds is 4. The van der Waals surface area contributed by atoms with E-state index in [1.165, 1.54) is 6.07 Å². The van der Waals surface area contributed by atoms with Crippen molar-refractivity contribution >= 4 is 0 Å². The molecule has 1 aliphatic heterocycles. The Bertz CT molecular complexity index is 466. The summed E-state index contributed by atoms with van der Waals surface area (Å²) in [5, 5.41) is 3.34. The maximum Gasteiger partial charge on any atom is 0.130 e. The second-order valence-corrected chi connectivity index (χ2v) is 5.68. The number of hydrogen-bond donors (Lipinski definition) is 1. The maximum absolute atomic E-state index is 14.1. The van der Waals surface area contributed by atoms with E-state index in [2.05, 4.69) is 12.2 Å². The summed E-state index contributed by atoms with van der Waals surface area (Å²) in [7, 11) is 0. The molecule has 2 nitrogen and oxygen atoms in total. The lowest BCUT2D eigenvalue weighted by atomic mass is 9.80. The molecule has 1 aliphatic rings. The molecule has 1 aromatic carbocycles. The normalized spacial score (nSPS) is 31.5. The topological polar surface area (TPSA) is 21.3 Å². The fourth-order valence-corrected chi connectivity index (χ4v) is 3.30. The number of ether oxygens (including phenoxy) is 1. The summed E-state index contributed by atoms with van der Waals surface area (Å²) in [6.45, 7) is 8.92. The van der Waals surface area contributed by atoms with Crippen molar-refractivity contribution in [3.05, 3.63) is 35.4 Å². The Balaban J connectivity index is 2.35. The maximum atomic E-state index is 14.1. The molecule has 4 heteroatoms. The first-order chi connectivity index (χ1) is 9.45. The third-order valence-electron chi connectivity index (χ3n) is 4.43. The Morgan fingerprint density at radius 2 is 1.90 bits per heavy atom. The highest BCUT2D eigenvalue weighted by Gasteiger charge is 2.42. The van der Waals surface area contributed by atoms with Gasteiger partial charge in [0, 0.05) is 23.6 Å². The van der Waals surface area contributed by atoms with Crippen molar-refractivity contribution in [3.8, 4) is 0 Å². The van der Waals surface area contributed by atoms with Gasteiger partial charge in [0.25, 0.3) is 0 Å². The van der Waals surface area contributed by atoms with Crippen LogP contribution in [0.4, 0.5) is 8.78 Å². The fourth-order valence-electron chi connectivity index (χ4n) is 3.30. The third-order valence-corrected chi connectivity index (χ3v) is 4.43. The van der Waals surface area contributed by atoms with Crippen molar-refractivity contribution in [2.75, 3.05) is 6.54 Å². The van der Waals surface area contributed by atoms with Gasteiger partial charge in [-0.25, -0.2) is 8.78 Å². The number of nitrogens with one attached hydrogen (secondary N) is 1. The van der Waals surface area contributed by atoms with Crippen molar-refractivity contribution in [1.29, 1.82) is 0 Å². The zero-order valence-corrected chi connectivity index (χ0v) is 12.5. The lowest BCUT2D eigenvalue weighted by Crippen LogP contribution is -2.35. The molecule has 0 amide bonds. The minimum absolute atomic E-state index is 0.0495. The highest BCUT2D eigenvalue weighted by molar-refractivity contribution is 5.24. The average molecular weight is 283 g/mol. The van der Waals surface area contributed by atoms with Crippen LogP contribution in [0.15, 0.2) is 18.2 Å². The number of benzene rings is 1. The smallest absolute Gasteiger partial charge is 0.130 e. The molecule has 0 aliphatic carbocycles. The lowest BCUT2D eigenvalue weighted by molar-refractivity contribution is 0.0474. The van der Waals surface area contributed by atoms with Crippen LogP contribution < -0.4 is 5.32 Å². The average Bonchev–Trinajstić information content (AvgIpc) is 2.62. The standard InChI is InChI=1S/C16H23F2NO/c1-5-19-16(13-7-6-12(17)8-14(13)18)15-9(2)10(3)20-11(15)4/h6-11,15-16,19H,5H2,1-4H3. The van der Waals surface area contributed by atoms with Crippen molar-refractivity contribution in [3.63, 3.8) is 0 Å². The Morgan fingerprint density at radius 1 is 1.20 bits per heavy atom. The van der Waals surface area contributed by atoms with Gasteiger partial charge in [-0.3, -0.25) is 0 Å². The van der Waals surface area contributed by atoms with Gasteiger partial charge >= 0.3 is 0 Å². The van der Waals surface area contributed by atoms with E-state index < -0.39 is 11.6 Å². The van der Waals surface area contributed by atoms with E-state index in [4.69, 9.17) is 4.74 Å². The van der Waals surface area contributed by atoms with Crippen LogP contribution in [0.25, 0.3) is 0 Å². The Hall–Kier alpha value is -1.00. The molecular weight excluding hydrogens is 260 g/mol. The summed E-state index contributed by atoms with van der Waals surface area (Å²) in [6, 6.07) is 3.65. The molecule has 0 spiro atoms. The van der Waals surface area contributed by atoms with Crippen LogP contribution in [0.5, 0.6) is 0 Å². The summed E-state index contributed by atoms with van der Waals surface area (Å²) in [5.41, 5.74) is 0.523. The molecule has 0 bridgehead atoms. The molecule has 1 N–H and O–H groups in total. The molecule has 112 valence electrons. The van der Waals surface area contributed by atoms with Crippen LogP contribution in [0.3, 0.4) is 0 Å². The SMILES string of the molecule is CCNC(c1ccc(F)cc1F)C1C(C)OC(C)C1C. The number of hydrogen-bond acceptors (Lipinski definition) is 2. The summed E-state index contributed by atoms with van der Waals surface area (Å²) >= 11 is 0. The molecule has 0 saturated carbocycles. The van der Waals surface area contributed by atoms with Gasteiger partial charge < -0.3 is 10.1 Å². The van der Waals surface area contributed by atoms with Crippen LogP contribution in [0.1, 0.15) is 39.3 Å². The molecule has 1 heterocycles. The minimum Gasteiger partial charge on any atom is -0.375 e. The summed E-state index contributed by atoms with van der Waals surface area (Å²) in [5.74, 6) is -0.544. The van der Waals surface area contributed by atoms with Crippen molar-refractivity contribution < 1.29 is 13.5 Å². The largest absolute Gasteiger partial charge is 0.375 e. The second-order valence-electron chi connectivity index (χ2n) is 5.68. The molecule has 0 aromatic heterocycles. The van der Waals surface area contributed by atoms with Crippen molar-refractivity contribution in [1.82, 2.24) is 5.32 Å². The van der Waals surface area contributed by atoms with Gasteiger partial charge in [0.05, 0.1) is 12.2 Å². The highest BCUT2D eigenvalue weighted by atomic mass is 19.1. The van der Waals surface area contributed by atoms with Crippen LogP contribution in [-0.4, -0.2) is 18.8 Å². The van der Waals surface area contributed by atoms with Gasteiger partial charge in [-0.2, -0.15) is 0 Å². The van der Waals surface area contributed by atoms with E-state index in [0.717, 1.165) is 12.6 Å². The summed E-state index contributed by atoms with van der Waals surface area (Å²) in [4.78, 5) is 0. The molecule has 5 unspecified atom stereocenters. The minimum atomic E-state index is -0.543. The quantitative estimate of drug-likeness (QED) is 0.910. The van der Waals surface area contributed by atoms with Crippen molar-refractivity contribution in [2.45, 2.75) is 45.9 Å². The first-order valence-electron chi connectivity index (χ1n) is 7.29. The van der Waals surface area contributed by atoms with E-state index in [9.17, 15) is 8.78 Å². The predicted octanol–water partition coefficient (Wildman–Crippen LogP) is 3.67. The Morgan fingerprint density at radius 3 is 2.40 bits per heavy atom. The van der Waals surface area contributed by atoms with Crippen LogP contribution in [-0.2, 0) is 4.74 Å². The van der Waals surface area contributed by atoms with E-state index in [0.29, 0.717) is 11.5 Å². The number of halogens is 2. The van der Waals surface area contributed by atoms with E-state index in [-0.39, 0.29) is 24.2 Å². The molecule has 5 atom stereocenters. The molecule has 20 heavy (non-hydrogen) atoms. The monoisotopic (exact) mass is 283 g/mol. The Labute approximate surface area is 119 Å². The Kier molecular flexibility index (Phi) is 4.76. The molecule has 1 saturated heterocycles. The zero-order chi connectivity index (χ0) is 14.9.